The molecule has 0 aliphatic heterocycles. The Labute approximate surface area is 140 Å². The first-order chi connectivity index (χ1) is 11.0. The van der Waals surface area contributed by atoms with E-state index in [1.54, 1.807) is 14.0 Å². The molecule has 2 N–H and O–H groups in total. The van der Waals surface area contributed by atoms with Gasteiger partial charge in [-0.2, -0.15) is 0 Å². The maximum Gasteiger partial charge on any atom is 0.223 e. The quantitative estimate of drug-likeness (QED) is 0.856. The van der Waals surface area contributed by atoms with Crippen LogP contribution in [-0.2, 0) is 10.4 Å². The molecule has 2 aromatic rings. The lowest BCUT2D eigenvalue weighted by Crippen LogP contribution is -2.38. The number of thiophene rings is 1. The zero-order chi connectivity index (χ0) is 16.4. The SMILES string of the molecule is COc1ccccc1C1CC1C(=O)NCC(C)(O)c1cccs1. The number of aliphatic hydroxyl groups is 1. The maximum atomic E-state index is 12.3. The summed E-state index contributed by atoms with van der Waals surface area (Å²) in [6, 6.07) is 11.6. The van der Waals surface area contributed by atoms with E-state index in [2.05, 4.69) is 5.32 Å². The molecule has 0 bridgehead atoms. The van der Waals surface area contributed by atoms with Crippen LogP contribution in [0.3, 0.4) is 0 Å². The van der Waals surface area contributed by atoms with Crippen LogP contribution in [0.25, 0.3) is 0 Å². The van der Waals surface area contributed by atoms with E-state index in [9.17, 15) is 9.90 Å². The van der Waals surface area contributed by atoms with Gasteiger partial charge in [0, 0.05) is 10.8 Å². The summed E-state index contributed by atoms with van der Waals surface area (Å²) in [5, 5.41) is 15.3. The van der Waals surface area contributed by atoms with Gasteiger partial charge < -0.3 is 15.2 Å². The van der Waals surface area contributed by atoms with Gasteiger partial charge in [0.05, 0.1) is 13.7 Å². The summed E-state index contributed by atoms with van der Waals surface area (Å²) in [5.74, 6) is 0.999. The van der Waals surface area contributed by atoms with Gasteiger partial charge in [-0.15, -0.1) is 11.3 Å². The predicted molar refractivity (Wildman–Crippen MR) is 90.7 cm³/mol. The highest BCUT2D eigenvalue weighted by Crippen LogP contribution is 2.50. The summed E-state index contributed by atoms with van der Waals surface area (Å²) < 4.78 is 5.37. The summed E-state index contributed by atoms with van der Waals surface area (Å²) in [6.07, 6.45) is 0.827. The lowest BCUT2D eigenvalue weighted by molar-refractivity contribution is -0.123. The van der Waals surface area contributed by atoms with E-state index in [-0.39, 0.29) is 24.3 Å². The molecule has 4 nitrogen and oxygen atoms in total. The Hall–Kier alpha value is -1.85. The van der Waals surface area contributed by atoms with Gasteiger partial charge in [0.2, 0.25) is 5.91 Å². The van der Waals surface area contributed by atoms with Crippen molar-refractivity contribution in [3.63, 3.8) is 0 Å². The second-order valence-electron chi connectivity index (χ2n) is 6.16. The number of para-hydroxylation sites is 1. The van der Waals surface area contributed by atoms with Gasteiger partial charge in [-0.05, 0) is 42.3 Å². The largest absolute Gasteiger partial charge is 0.496 e. The maximum absolute atomic E-state index is 12.3. The summed E-state index contributed by atoms with van der Waals surface area (Å²) >= 11 is 1.49. The molecule has 5 heteroatoms. The van der Waals surface area contributed by atoms with E-state index in [1.165, 1.54) is 11.3 Å². The smallest absolute Gasteiger partial charge is 0.223 e. The number of benzene rings is 1. The van der Waals surface area contributed by atoms with Crippen LogP contribution >= 0.6 is 11.3 Å². The second kappa shape index (κ2) is 6.34. The summed E-state index contributed by atoms with van der Waals surface area (Å²) in [6.45, 7) is 1.95. The molecule has 122 valence electrons. The fourth-order valence-electron chi connectivity index (χ4n) is 2.86. The molecular weight excluding hydrogens is 310 g/mol. The third kappa shape index (κ3) is 3.41. The Morgan fingerprint density at radius 3 is 2.87 bits per heavy atom. The van der Waals surface area contributed by atoms with Crippen molar-refractivity contribution >= 4 is 17.2 Å². The van der Waals surface area contributed by atoms with E-state index >= 15 is 0 Å². The average Bonchev–Trinajstić information content (AvgIpc) is 3.15. The van der Waals surface area contributed by atoms with Crippen molar-refractivity contribution in [1.82, 2.24) is 5.32 Å². The first kappa shape index (κ1) is 16.0. The Kier molecular flexibility index (Phi) is 4.41. The molecule has 1 aliphatic carbocycles. The molecule has 1 saturated carbocycles. The van der Waals surface area contributed by atoms with Gasteiger partial charge >= 0.3 is 0 Å². The van der Waals surface area contributed by atoms with Crippen LogP contribution in [0.4, 0.5) is 0 Å². The third-order valence-corrected chi connectivity index (χ3v) is 5.45. The Morgan fingerprint density at radius 2 is 2.17 bits per heavy atom. The molecule has 0 saturated heterocycles. The minimum Gasteiger partial charge on any atom is -0.496 e. The van der Waals surface area contributed by atoms with Gasteiger partial charge in [0.1, 0.15) is 11.4 Å². The summed E-state index contributed by atoms with van der Waals surface area (Å²) in [4.78, 5) is 13.2. The zero-order valence-electron chi connectivity index (χ0n) is 13.3. The number of ether oxygens (including phenoxy) is 1. The van der Waals surface area contributed by atoms with Crippen LogP contribution in [0, 0.1) is 5.92 Å². The molecule has 0 spiro atoms. The molecular formula is C18H21NO3S. The fraction of sp³-hybridized carbons (Fsp3) is 0.389. The minimum absolute atomic E-state index is 0.00210. The van der Waals surface area contributed by atoms with E-state index in [4.69, 9.17) is 4.74 Å². The number of carbonyl (C=O) groups excluding carboxylic acids is 1. The first-order valence-electron chi connectivity index (χ1n) is 7.70. The molecule has 3 atom stereocenters. The summed E-state index contributed by atoms with van der Waals surface area (Å²) in [5.41, 5.74) is 0.0544. The van der Waals surface area contributed by atoms with Crippen LogP contribution in [0.5, 0.6) is 5.75 Å². The predicted octanol–water partition coefficient (Wildman–Crippen LogP) is 2.88. The highest BCUT2D eigenvalue weighted by Gasteiger charge is 2.45. The number of methoxy groups -OCH3 is 1. The molecule has 1 fully saturated rings. The molecule has 1 aromatic carbocycles. The van der Waals surface area contributed by atoms with Gasteiger partial charge in [-0.1, -0.05) is 24.3 Å². The number of nitrogens with one attached hydrogen (secondary N) is 1. The monoisotopic (exact) mass is 331 g/mol. The number of rotatable bonds is 6. The van der Waals surface area contributed by atoms with E-state index in [1.807, 2.05) is 41.8 Å². The molecule has 23 heavy (non-hydrogen) atoms. The van der Waals surface area contributed by atoms with E-state index in [0.717, 1.165) is 22.6 Å². The molecule has 0 radical (unpaired) electrons. The van der Waals surface area contributed by atoms with Crippen molar-refractivity contribution in [3.8, 4) is 5.75 Å². The van der Waals surface area contributed by atoms with Gasteiger partial charge in [-0.25, -0.2) is 0 Å². The standard InChI is InChI=1S/C18H21NO3S/c1-18(21,16-8-5-9-23-16)11-19-17(20)14-10-13(14)12-6-3-4-7-15(12)22-2/h3-9,13-14,21H,10-11H2,1-2H3,(H,19,20). The number of carbonyl (C=O) groups is 1. The highest BCUT2D eigenvalue weighted by atomic mass is 32.1. The fourth-order valence-corrected chi connectivity index (χ4v) is 3.65. The van der Waals surface area contributed by atoms with Crippen molar-refractivity contribution in [2.75, 3.05) is 13.7 Å². The van der Waals surface area contributed by atoms with Crippen molar-refractivity contribution in [2.45, 2.75) is 24.9 Å². The lowest BCUT2D eigenvalue weighted by atomic mass is 10.0. The topological polar surface area (TPSA) is 58.6 Å². The van der Waals surface area contributed by atoms with E-state index in [0.29, 0.717) is 0 Å². The van der Waals surface area contributed by atoms with Crippen molar-refractivity contribution < 1.29 is 14.6 Å². The van der Waals surface area contributed by atoms with Crippen LogP contribution in [0.15, 0.2) is 41.8 Å². The van der Waals surface area contributed by atoms with Crippen molar-refractivity contribution in [3.05, 3.63) is 52.2 Å². The van der Waals surface area contributed by atoms with Crippen molar-refractivity contribution in [1.29, 1.82) is 0 Å². The second-order valence-corrected chi connectivity index (χ2v) is 7.11. The third-order valence-electron chi connectivity index (χ3n) is 4.32. The molecule has 1 amide bonds. The lowest BCUT2D eigenvalue weighted by Gasteiger charge is -2.22. The Balaban J connectivity index is 1.59. The molecule has 3 unspecified atom stereocenters. The van der Waals surface area contributed by atoms with Crippen LogP contribution in [0.1, 0.15) is 29.7 Å². The van der Waals surface area contributed by atoms with Crippen molar-refractivity contribution in [2.24, 2.45) is 5.92 Å². The van der Waals surface area contributed by atoms with Crippen LogP contribution < -0.4 is 10.1 Å². The van der Waals surface area contributed by atoms with Crippen LogP contribution in [-0.4, -0.2) is 24.7 Å². The minimum atomic E-state index is -1.03. The molecule has 1 aliphatic rings. The molecule has 3 rings (SSSR count). The number of amides is 1. The average molecular weight is 331 g/mol. The molecule has 1 heterocycles. The normalized spacial score (nSPS) is 22.2. The molecule has 1 aromatic heterocycles. The van der Waals surface area contributed by atoms with Crippen LogP contribution in [0.2, 0.25) is 0 Å². The summed E-state index contributed by atoms with van der Waals surface area (Å²) in [7, 11) is 1.65. The van der Waals surface area contributed by atoms with Gasteiger partial charge in [0.25, 0.3) is 0 Å². The van der Waals surface area contributed by atoms with Gasteiger partial charge in [0.15, 0.2) is 0 Å². The Bertz CT molecular complexity index is 681. The number of hydrogen-bond donors (Lipinski definition) is 2. The zero-order valence-corrected chi connectivity index (χ0v) is 14.1. The van der Waals surface area contributed by atoms with Gasteiger partial charge in [-0.3, -0.25) is 4.79 Å². The highest BCUT2D eigenvalue weighted by molar-refractivity contribution is 7.10. The first-order valence-corrected chi connectivity index (χ1v) is 8.58. The van der Waals surface area contributed by atoms with E-state index < -0.39 is 5.60 Å². The number of hydrogen-bond acceptors (Lipinski definition) is 4. The Morgan fingerprint density at radius 1 is 1.39 bits per heavy atom.